The normalized spacial score (nSPS) is 10.6. The van der Waals surface area contributed by atoms with Gasteiger partial charge in [-0.2, -0.15) is 0 Å². The first-order valence-electron chi connectivity index (χ1n) is 5.02. The van der Waals surface area contributed by atoms with Crippen molar-refractivity contribution in [3.8, 4) is 0 Å². The van der Waals surface area contributed by atoms with Gasteiger partial charge in [-0.3, -0.25) is 0 Å². The third kappa shape index (κ3) is 2.00. The van der Waals surface area contributed by atoms with E-state index >= 15 is 0 Å². The van der Waals surface area contributed by atoms with E-state index in [1.807, 2.05) is 6.07 Å². The van der Waals surface area contributed by atoms with Crippen LogP contribution in [0.3, 0.4) is 0 Å². The van der Waals surface area contributed by atoms with Crippen molar-refractivity contribution in [3.63, 3.8) is 0 Å². The largest absolute Gasteiger partial charge is 0.386 e. The highest BCUT2D eigenvalue weighted by Crippen LogP contribution is 2.19. The fourth-order valence-corrected chi connectivity index (χ4v) is 1.63. The number of aryl methyl sites for hydroxylation is 1. The van der Waals surface area contributed by atoms with Crippen LogP contribution in [0, 0.1) is 12.7 Å². The van der Waals surface area contributed by atoms with Gasteiger partial charge in [0.2, 0.25) is 0 Å². The summed E-state index contributed by atoms with van der Waals surface area (Å²) in [5.74, 6) is 0.232. The fraction of sp³-hybridized carbons (Fsp3) is 0.167. The molecule has 0 aliphatic heterocycles. The lowest BCUT2D eigenvalue weighted by molar-refractivity contribution is 0.620. The molecule has 0 saturated carbocycles. The minimum Gasteiger partial charge on any atom is -0.386 e. The molecule has 2 aromatic rings. The minimum atomic E-state index is -0.186. The van der Waals surface area contributed by atoms with E-state index in [1.54, 1.807) is 13.0 Å². The molecule has 4 heteroatoms. The second-order valence-corrected chi connectivity index (χ2v) is 3.86. The molecule has 0 saturated heterocycles. The van der Waals surface area contributed by atoms with Gasteiger partial charge < -0.3 is 16.0 Å². The number of hydrogen-bond acceptors (Lipinski definition) is 2. The van der Waals surface area contributed by atoms with Crippen LogP contribution in [0.15, 0.2) is 30.6 Å². The first kappa shape index (κ1) is 10.5. The van der Waals surface area contributed by atoms with Crippen molar-refractivity contribution >= 4 is 10.9 Å². The Balaban J connectivity index is 2.33. The van der Waals surface area contributed by atoms with Crippen LogP contribution in [0.5, 0.6) is 0 Å². The van der Waals surface area contributed by atoms with Gasteiger partial charge in [0.15, 0.2) is 0 Å². The molecular formula is C12H14FN3. The molecule has 0 fully saturated rings. The first-order valence-corrected chi connectivity index (χ1v) is 5.02. The van der Waals surface area contributed by atoms with E-state index in [9.17, 15) is 4.39 Å². The van der Waals surface area contributed by atoms with Crippen LogP contribution in [0.4, 0.5) is 4.39 Å². The maximum Gasteiger partial charge on any atom is 0.126 e. The standard InChI is InChI=1S/C12H14FN3/c1-7-3-12-9(5-11(7)13)4-10(16-12)6-15-8(2)14/h3-5,15-16H,2,6,14H2,1H3. The Morgan fingerprint density at radius 2 is 2.25 bits per heavy atom. The zero-order valence-electron chi connectivity index (χ0n) is 9.10. The molecule has 0 spiro atoms. The highest BCUT2D eigenvalue weighted by Gasteiger charge is 2.04. The lowest BCUT2D eigenvalue weighted by Gasteiger charge is -2.01. The van der Waals surface area contributed by atoms with Gasteiger partial charge in [-0.25, -0.2) is 4.39 Å². The van der Waals surface area contributed by atoms with Crippen LogP contribution >= 0.6 is 0 Å². The summed E-state index contributed by atoms with van der Waals surface area (Å²) in [7, 11) is 0. The van der Waals surface area contributed by atoms with Crippen molar-refractivity contribution in [2.24, 2.45) is 5.73 Å². The van der Waals surface area contributed by atoms with Crippen molar-refractivity contribution in [2.45, 2.75) is 13.5 Å². The smallest absolute Gasteiger partial charge is 0.126 e. The quantitative estimate of drug-likeness (QED) is 0.740. The van der Waals surface area contributed by atoms with Crippen molar-refractivity contribution < 1.29 is 4.39 Å². The molecule has 0 atom stereocenters. The third-order valence-electron chi connectivity index (χ3n) is 2.46. The predicted octanol–water partition coefficient (Wildman–Crippen LogP) is 2.13. The van der Waals surface area contributed by atoms with Crippen molar-refractivity contribution in [1.82, 2.24) is 10.3 Å². The number of nitrogens with one attached hydrogen (secondary N) is 2. The second-order valence-electron chi connectivity index (χ2n) is 3.86. The molecule has 4 N–H and O–H groups in total. The molecule has 0 amide bonds. The first-order chi connectivity index (χ1) is 7.56. The Morgan fingerprint density at radius 3 is 2.94 bits per heavy atom. The van der Waals surface area contributed by atoms with Crippen molar-refractivity contribution in [1.29, 1.82) is 0 Å². The summed E-state index contributed by atoms with van der Waals surface area (Å²) in [5, 5.41) is 3.77. The Labute approximate surface area is 93.1 Å². The lowest BCUT2D eigenvalue weighted by atomic mass is 10.2. The molecule has 0 radical (unpaired) electrons. The van der Waals surface area contributed by atoms with Gasteiger partial charge in [0.05, 0.1) is 12.4 Å². The molecule has 0 aliphatic rings. The Morgan fingerprint density at radius 1 is 1.50 bits per heavy atom. The summed E-state index contributed by atoms with van der Waals surface area (Å²) in [6, 6.07) is 5.22. The molecule has 84 valence electrons. The molecule has 1 heterocycles. The van der Waals surface area contributed by atoms with Gasteiger partial charge >= 0.3 is 0 Å². The SMILES string of the molecule is C=C(N)NCc1cc2cc(F)c(C)cc2[nH]1. The van der Waals surface area contributed by atoms with E-state index in [0.717, 1.165) is 16.6 Å². The van der Waals surface area contributed by atoms with Crippen LogP contribution in [0.2, 0.25) is 0 Å². The van der Waals surface area contributed by atoms with E-state index in [4.69, 9.17) is 5.73 Å². The number of fused-ring (bicyclic) bond motifs is 1. The summed E-state index contributed by atoms with van der Waals surface area (Å²) >= 11 is 0. The molecule has 1 aromatic carbocycles. The number of aromatic amines is 1. The van der Waals surface area contributed by atoms with Gasteiger partial charge in [0, 0.05) is 16.6 Å². The molecule has 0 aliphatic carbocycles. The van der Waals surface area contributed by atoms with Crippen molar-refractivity contribution in [3.05, 3.63) is 47.7 Å². The summed E-state index contributed by atoms with van der Waals surface area (Å²) in [6.45, 7) is 5.85. The predicted molar refractivity (Wildman–Crippen MR) is 63.2 cm³/mol. The molecule has 1 aromatic heterocycles. The van der Waals surface area contributed by atoms with Crippen LogP contribution < -0.4 is 11.1 Å². The van der Waals surface area contributed by atoms with E-state index < -0.39 is 0 Å². The van der Waals surface area contributed by atoms with Crippen LogP contribution in [-0.2, 0) is 6.54 Å². The van der Waals surface area contributed by atoms with Gasteiger partial charge in [-0.1, -0.05) is 6.58 Å². The van der Waals surface area contributed by atoms with Gasteiger partial charge in [-0.15, -0.1) is 0 Å². The Hall–Kier alpha value is -1.97. The number of hydrogen-bond donors (Lipinski definition) is 3. The molecule has 0 bridgehead atoms. The minimum absolute atomic E-state index is 0.186. The highest BCUT2D eigenvalue weighted by molar-refractivity contribution is 5.81. The fourth-order valence-electron chi connectivity index (χ4n) is 1.63. The summed E-state index contributed by atoms with van der Waals surface area (Å²) in [6.07, 6.45) is 0. The zero-order chi connectivity index (χ0) is 11.7. The van der Waals surface area contributed by atoms with Gasteiger partial charge in [0.25, 0.3) is 0 Å². The average Bonchev–Trinajstić information content (AvgIpc) is 2.58. The molecule has 2 rings (SSSR count). The van der Waals surface area contributed by atoms with Crippen molar-refractivity contribution in [2.75, 3.05) is 0 Å². The summed E-state index contributed by atoms with van der Waals surface area (Å²) in [5.41, 5.74) is 7.92. The second kappa shape index (κ2) is 3.89. The maximum atomic E-state index is 13.3. The molecule has 3 nitrogen and oxygen atoms in total. The molecule has 16 heavy (non-hydrogen) atoms. The number of rotatable bonds is 3. The summed E-state index contributed by atoms with van der Waals surface area (Å²) < 4.78 is 13.3. The van der Waals surface area contributed by atoms with Gasteiger partial charge in [-0.05, 0) is 30.7 Å². The van der Waals surface area contributed by atoms with Crippen LogP contribution in [-0.4, -0.2) is 4.98 Å². The van der Waals surface area contributed by atoms with Crippen LogP contribution in [0.1, 0.15) is 11.3 Å². The number of halogens is 1. The highest BCUT2D eigenvalue weighted by atomic mass is 19.1. The van der Waals surface area contributed by atoms with Crippen LogP contribution in [0.25, 0.3) is 10.9 Å². The van der Waals surface area contributed by atoms with E-state index in [-0.39, 0.29) is 5.82 Å². The molecule has 0 unspecified atom stereocenters. The topological polar surface area (TPSA) is 53.8 Å². The van der Waals surface area contributed by atoms with E-state index in [1.165, 1.54) is 6.07 Å². The monoisotopic (exact) mass is 219 g/mol. The zero-order valence-corrected chi connectivity index (χ0v) is 9.10. The third-order valence-corrected chi connectivity index (χ3v) is 2.46. The van der Waals surface area contributed by atoms with Gasteiger partial charge in [0.1, 0.15) is 5.82 Å². The number of benzene rings is 1. The number of nitrogens with two attached hydrogens (primary N) is 1. The van der Waals surface area contributed by atoms with E-state index in [0.29, 0.717) is 17.9 Å². The summed E-state index contributed by atoms with van der Waals surface area (Å²) in [4.78, 5) is 3.19. The lowest BCUT2D eigenvalue weighted by Crippen LogP contribution is -2.18. The number of aromatic nitrogens is 1. The maximum absolute atomic E-state index is 13.3. The Kier molecular flexibility index (Phi) is 2.56. The average molecular weight is 219 g/mol. The molecular weight excluding hydrogens is 205 g/mol. The van der Waals surface area contributed by atoms with E-state index in [2.05, 4.69) is 16.9 Å². The number of H-pyrrole nitrogens is 1. The Bertz CT molecular complexity index is 503.